The van der Waals surface area contributed by atoms with Crippen molar-refractivity contribution in [3.05, 3.63) is 30.1 Å². The molecule has 0 spiro atoms. The average molecular weight is 440 g/mol. The topological polar surface area (TPSA) is 117 Å². The fraction of sp³-hybridized carbons (Fsp3) is 0.500. The minimum atomic E-state index is -3.64. The number of H-pyrrole nitrogens is 1. The Morgan fingerprint density at radius 3 is 2.79 bits per heavy atom. The van der Waals surface area contributed by atoms with Gasteiger partial charge in [-0.1, -0.05) is 11.8 Å². The number of aromatic amines is 1. The molecule has 1 saturated heterocycles. The summed E-state index contributed by atoms with van der Waals surface area (Å²) in [6, 6.07) is 6.29. The van der Waals surface area contributed by atoms with Crippen LogP contribution in [-0.2, 0) is 14.8 Å². The molecule has 1 unspecified atom stereocenters. The summed E-state index contributed by atoms with van der Waals surface area (Å²) >= 11 is 1.45. The summed E-state index contributed by atoms with van der Waals surface area (Å²) in [6.07, 6.45) is 1.33. The van der Waals surface area contributed by atoms with E-state index in [1.165, 1.54) is 35.3 Å². The highest BCUT2D eigenvalue weighted by atomic mass is 32.2. The van der Waals surface area contributed by atoms with Gasteiger partial charge in [0, 0.05) is 25.4 Å². The van der Waals surface area contributed by atoms with Crippen LogP contribution in [0.15, 0.2) is 34.3 Å². The number of amides is 1. The van der Waals surface area contributed by atoms with Crippen LogP contribution < -0.4 is 10.1 Å². The lowest BCUT2D eigenvalue weighted by Gasteiger charge is -2.31. The fourth-order valence-electron chi connectivity index (χ4n) is 3.12. The van der Waals surface area contributed by atoms with Gasteiger partial charge in [-0.05, 0) is 44.0 Å². The maximum absolute atomic E-state index is 12.9. The highest BCUT2D eigenvalue weighted by molar-refractivity contribution is 7.99. The number of carbonyl (C=O) groups is 1. The summed E-state index contributed by atoms with van der Waals surface area (Å²) in [4.78, 5) is 16.9. The number of hydrogen-bond donors (Lipinski definition) is 2. The lowest BCUT2D eigenvalue weighted by atomic mass is 9.99. The molecule has 1 amide bonds. The number of nitrogens with zero attached hydrogens (tertiary/aromatic N) is 3. The van der Waals surface area contributed by atoms with Gasteiger partial charge in [-0.2, -0.15) is 4.31 Å². The highest BCUT2D eigenvalue weighted by Gasteiger charge is 2.33. The largest absolute Gasteiger partial charge is 0.497 e. The molecule has 2 N–H and O–H groups in total. The molecule has 1 aliphatic heterocycles. The first-order valence-corrected chi connectivity index (χ1v) is 11.8. The number of thioether (sulfide) groups is 1. The molecular weight excluding hydrogens is 414 g/mol. The van der Waals surface area contributed by atoms with Gasteiger partial charge in [-0.25, -0.2) is 13.4 Å². The molecule has 1 aromatic carbocycles. The standard InChI is InChI=1S/C18H25N5O4S2/c1-13-20-18(22-21-13)28-11-9-19-17(24)14-4-3-10-23(12-14)29(25,26)16-7-5-15(27-2)6-8-16/h5-8,14H,3-4,9-12H2,1-2H3,(H,19,24)(H,20,21,22). The maximum atomic E-state index is 12.9. The lowest BCUT2D eigenvalue weighted by molar-refractivity contribution is -0.125. The first-order chi connectivity index (χ1) is 13.9. The number of ether oxygens (including phenoxy) is 1. The fourth-order valence-corrected chi connectivity index (χ4v) is 5.34. The van der Waals surface area contributed by atoms with Crippen molar-refractivity contribution in [1.82, 2.24) is 24.8 Å². The van der Waals surface area contributed by atoms with E-state index in [9.17, 15) is 13.2 Å². The number of methoxy groups -OCH3 is 1. The Labute approximate surface area is 174 Å². The number of carbonyl (C=O) groups excluding carboxylic acids is 1. The second-order valence-corrected chi connectivity index (χ2v) is 9.72. The summed E-state index contributed by atoms with van der Waals surface area (Å²) in [5.41, 5.74) is 0. The van der Waals surface area contributed by atoms with Gasteiger partial charge < -0.3 is 10.1 Å². The number of aromatic nitrogens is 3. The van der Waals surface area contributed by atoms with Gasteiger partial charge in [-0.3, -0.25) is 9.89 Å². The predicted molar refractivity (Wildman–Crippen MR) is 109 cm³/mol. The molecular formula is C18H25N5O4S2. The molecule has 1 atom stereocenters. The second-order valence-electron chi connectivity index (χ2n) is 6.72. The maximum Gasteiger partial charge on any atom is 0.243 e. The van der Waals surface area contributed by atoms with Crippen LogP contribution in [0.5, 0.6) is 5.75 Å². The zero-order chi connectivity index (χ0) is 20.9. The van der Waals surface area contributed by atoms with E-state index in [4.69, 9.17) is 4.74 Å². The van der Waals surface area contributed by atoms with Crippen LogP contribution in [-0.4, -0.2) is 66.3 Å². The first-order valence-electron chi connectivity index (χ1n) is 9.34. The van der Waals surface area contributed by atoms with E-state index in [1.54, 1.807) is 12.1 Å². The third kappa shape index (κ3) is 5.49. The SMILES string of the molecule is COc1ccc(S(=O)(=O)N2CCCC(C(=O)NCCSc3n[nH]c(C)n3)C2)cc1. The molecule has 1 aliphatic rings. The Morgan fingerprint density at radius 2 is 2.14 bits per heavy atom. The van der Waals surface area contributed by atoms with Crippen molar-refractivity contribution in [2.24, 2.45) is 5.92 Å². The van der Waals surface area contributed by atoms with Gasteiger partial charge in [0.1, 0.15) is 11.6 Å². The molecule has 1 fully saturated rings. The van der Waals surface area contributed by atoms with Gasteiger partial charge in [0.15, 0.2) is 0 Å². The van der Waals surface area contributed by atoms with Gasteiger partial charge >= 0.3 is 0 Å². The van der Waals surface area contributed by atoms with E-state index in [-0.39, 0.29) is 23.3 Å². The summed E-state index contributed by atoms with van der Waals surface area (Å²) in [5.74, 6) is 1.51. The van der Waals surface area contributed by atoms with E-state index in [2.05, 4.69) is 20.5 Å². The van der Waals surface area contributed by atoms with Crippen LogP contribution in [0.1, 0.15) is 18.7 Å². The van der Waals surface area contributed by atoms with Crippen molar-refractivity contribution >= 4 is 27.7 Å². The molecule has 9 nitrogen and oxygen atoms in total. The number of hydrogen-bond acceptors (Lipinski definition) is 7. The molecule has 2 aromatic rings. The lowest BCUT2D eigenvalue weighted by Crippen LogP contribution is -2.45. The Bertz CT molecular complexity index is 930. The number of rotatable bonds is 8. The molecule has 0 bridgehead atoms. The second kappa shape index (κ2) is 9.59. The van der Waals surface area contributed by atoms with E-state index in [0.717, 1.165) is 5.82 Å². The molecule has 11 heteroatoms. The molecule has 0 aliphatic carbocycles. The Hall–Kier alpha value is -2.11. The predicted octanol–water partition coefficient (Wildman–Crippen LogP) is 1.43. The Morgan fingerprint density at radius 1 is 1.38 bits per heavy atom. The smallest absolute Gasteiger partial charge is 0.243 e. The van der Waals surface area contributed by atoms with Crippen molar-refractivity contribution in [1.29, 1.82) is 0 Å². The zero-order valence-electron chi connectivity index (χ0n) is 16.4. The van der Waals surface area contributed by atoms with Crippen molar-refractivity contribution < 1.29 is 17.9 Å². The van der Waals surface area contributed by atoms with Crippen LogP contribution in [0.3, 0.4) is 0 Å². The molecule has 2 heterocycles. The van der Waals surface area contributed by atoms with Crippen LogP contribution >= 0.6 is 11.8 Å². The molecule has 1 aromatic heterocycles. The van der Waals surface area contributed by atoms with Crippen molar-refractivity contribution in [2.75, 3.05) is 32.5 Å². The number of piperidine rings is 1. The highest BCUT2D eigenvalue weighted by Crippen LogP contribution is 2.25. The van der Waals surface area contributed by atoms with Crippen molar-refractivity contribution in [3.8, 4) is 5.75 Å². The number of sulfonamides is 1. The van der Waals surface area contributed by atoms with Crippen LogP contribution in [0.25, 0.3) is 0 Å². The van der Waals surface area contributed by atoms with E-state index in [0.29, 0.717) is 42.6 Å². The zero-order valence-corrected chi connectivity index (χ0v) is 18.1. The Kier molecular flexibility index (Phi) is 7.14. The molecule has 158 valence electrons. The third-order valence-corrected chi connectivity index (χ3v) is 7.39. The van der Waals surface area contributed by atoms with E-state index < -0.39 is 10.0 Å². The van der Waals surface area contributed by atoms with Crippen molar-refractivity contribution in [2.45, 2.75) is 29.8 Å². The summed E-state index contributed by atoms with van der Waals surface area (Å²) in [7, 11) is -2.11. The number of benzene rings is 1. The first kappa shape index (κ1) is 21.6. The number of aryl methyl sites for hydroxylation is 1. The van der Waals surface area contributed by atoms with Crippen LogP contribution in [0.4, 0.5) is 0 Å². The Balaban J connectivity index is 1.52. The molecule has 0 radical (unpaired) electrons. The monoisotopic (exact) mass is 439 g/mol. The van der Waals surface area contributed by atoms with Gasteiger partial charge in [0.05, 0.1) is 17.9 Å². The summed E-state index contributed by atoms with van der Waals surface area (Å²) < 4.78 is 32.3. The minimum absolute atomic E-state index is 0.119. The quantitative estimate of drug-likeness (QED) is 0.472. The summed E-state index contributed by atoms with van der Waals surface area (Å²) in [5, 5.41) is 10.3. The van der Waals surface area contributed by atoms with E-state index in [1.807, 2.05) is 6.92 Å². The van der Waals surface area contributed by atoms with Gasteiger partial charge in [0.2, 0.25) is 21.1 Å². The van der Waals surface area contributed by atoms with Crippen LogP contribution in [0.2, 0.25) is 0 Å². The minimum Gasteiger partial charge on any atom is -0.497 e. The van der Waals surface area contributed by atoms with Gasteiger partial charge in [-0.15, -0.1) is 5.10 Å². The van der Waals surface area contributed by atoms with Crippen molar-refractivity contribution in [3.63, 3.8) is 0 Å². The van der Waals surface area contributed by atoms with Crippen LogP contribution in [0, 0.1) is 12.8 Å². The van der Waals surface area contributed by atoms with E-state index >= 15 is 0 Å². The summed E-state index contributed by atoms with van der Waals surface area (Å²) in [6.45, 7) is 2.90. The molecule has 3 rings (SSSR count). The van der Waals surface area contributed by atoms with Gasteiger partial charge in [0.25, 0.3) is 0 Å². The third-order valence-electron chi connectivity index (χ3n) is 4.66. The average Bonchev–Trinajstić information content (AvgIpc) is 3.16. The molecule has 0 saturated carbocycles. The molecule has 29 heavy (non-hydrogen) atoms. The number of nitrogens with one attached hydrogen (secondary N) is 2. The normalized spacial score (nSPS) is 17.8.